The van der Waals surface area contributed by atoms with Crippen molar-refractivity contribution in [2.75, 3.05) is 13.1 Å². The Morgan fingerprint density at radius 1 is 1.04 bits per heavy atom. The van der Waals surface area contributed by atoms with Gasteiger partial charge in [0.1, 0.15) is 5.60 Å². The van der Waals surface area contributed by atoms with Crippen LogP contribution in [0.15, 0.2) is 30.3 Å². The molecule has 0 aliphatic carbocycles. The lowest BCUT2D eigenvalue weighted by molar-refractivity contribution is -0.368. The number of nitrogens with one attached hydrogen (secondary N) is 1. The smallest absolute Gasteiger partial charge is 0.426 e. The predicted octanol–water partition coefficient (Wildman–Crippen LogP) is 3.05. The van der Waals surface area contributed by atoms with Gasteiger partial charge in [0, 0.05) is 12.8 Å². The fraction of sp³-hybridized carbons (Fsp3) is 0.562. The van der Waals surface area contributed by atoms with Crippen molar-refractivity contribution >= 4 is 5.97 Å². The van der Waals surface area contributed by atoms with E-state index in [2.05, 4.69) is 5.32 Å². The molecule has 0 atom stereocenters. The molecular formula is C16H17F6NO3. The summed E-state index contributed by atoms with van der Waals surface area (Å²) in [5, 5.41) is 12.2. The van der Waals surface area contributed by atoms with Crippen LogP contribution in [0.5, 0.6) is 0 Å². The summed E-state index contributed by atoms with van der Waals surface area (Å²) in [7, 11) is 0. The van der Waals surface area contributed by atoms with Crippen molar-refractivity contribution in [3.8, 4) is 0 Å². The largest absolute Gasteiger partial charge is 0.454 e. The van der Waals surface area contributed by atoms with Gasteiger partial charge in [0.2, 0.25) is 0 Å². The lowest BCUT2D eigenvalue weighted by atomic mass is 9.84. The van der Waals surface area contributed by atoms with Crippen molar-refractivity contribution in [3.05, 3.63) is 35.9 Å². The molecule has 0 spiro atoms. The lowest BCUT2D eigenvalue weighted by Crippen LogP contribution is -2.58. The second-order valence-corrected chi connectivity index (χ2v) is 6.12. The zero-order valence-corrected chi connectivity index (χ0v) is 13.5. The van der Waals surface area contributed by atoms with Crippen LogP contribution in [-0.2, 0) is 15.1 Å². The number of rotatable bonds is 4. The van der Waals surface area contributed by atoms with Crippen LogP contribution in [0.2, 0.25) is 0 Å². The van der Waals surface area contributed by atoms with Gasteiger partial charge in [-0.2, -0.15) is 26.3 Å². The van der Waals surface area contributed by atoms with Crippen LogP contribution >= 0.6 is 0 Å². The van der Waals surface area contributed by atoms with Crippen molar-refractivity contribution in [2.24, 2.45) is 0 Å². The molecule has 0 saturated carbocycles. The van der Waals surface area contributed by atoms with Crippen LogP contribution < -0.4 is 5.32 Å². The minimum Gasteiger partial charge on any atom is -0.454 e. The second kappa shape index (κ2) is 7.07. The number of piperidine rings is 1. The van der Waals surface area contributed by atoms with Crippen molar-refractivity contribution in [1.82, 2.24) is 5.32 Å². The van der Waals surface area contributed by atoms with Gasteiger partial charge in [0.15, 0.2) is 0 Å². The van der Waals surface area contributed by atoms with E-state index in [0.717, 1.165) is 0 Å². The van der Waals surface area contributed by atoms with Crippen molar-refractivity contribution in [2.45, 2.75) is 42.8 Å². The van der Waals surface area contributed by atoms with Crippen LogP contribution in [0.4, 0.5) is 26.3 Å². The maximum Gasteiger partial charge on any atom is 0.426 e. The third-order valence-electron chi connectivity index (χ3n) is 4.36. The molecular weight excluding hydrogens is 368 g/mol. The Labute approximate surface area is 145 Å². The summed E-state index contributed by atoms with van der Waals surface area (Å²) in [6.07, 6.45) is -14.0. The predicted molar refractivity (Wildman–Crippen MR) is 78.0 cm³/mol. The number of hydrogen-bond acceptors (Lipinski definition) is 4. The van der Waals surface area contributed by atoms with E-state index in [0.29, 0.717) is 18.7 Å². The molecule has 1 aromatic carbocycles. The number of benzene rings is 1. The second-order valence-electron chi connectivity index (χ2n) is 6.12. The molecule has 0 bridgehead atoms. The van der Waals surface area contributed by atoms with Gasteiger partial charge in [-0.3, -0.25) is 4.79 Å². The topological polar surface area (TPSA) is 58.6 Å². The molecule has 26 heavy (non-hydrogen) atoms. The van der Waals surface area contributed by atoms with Gasteiger partial charge >= 0.3 is 18.3 Å². The van der Waals surface area contributed by atoms with Gasteiger partial charge in [0.25, 0.3) is 5.60 Å². The highest BCUT2D eigenvalue weighted by atomic mass is 19.4. The quantitative estimate of drug-likeness (QED) is 0.618. The van der Waals surface area contributed by atoms with Gasteiger partial charge in [-0.1, -0.05) is 30.3 Å². The number of esters is 1. The van der Waals surface area contributed by atoms with E-state index in [1.54, 1.807) is 30.3 Å². The highest BCUT2D eigenvalue weighted by Crippen LogP contribution is 2.46. The Hall–Kier alpha value is -1.81. The van der Waals surface area contributed by atoms with E-state index >= 15 is 0 Å². The molecule has 4 nitrogen and oxygen atoms in total. The summed E-state index contributed by atoms with van der Waals surface area (Å²) in [6.45, 7) is 0.732. The van der Waals surface area contributed by atoms with Gasteiger partial charge in [-0.25, -0.2) is 0 Å². The molecule has 1 heterocycles. The molecule has 146 valence electrons. The van der Waals surface area contributed by atoms with E-state index in [9.17, 15) is 36.2 Å². The Bertz CT molecular complexity index is 609. The van der Waals surface area contributed by atoms with E-state index in [1.807, 2.05) is 0 Å². The summed E-state index contributed by atoms with van der Waals surface area (Å²) < 4.78 is 81.7. The summed E-state index contributed by atoms with van der Waals surface area (Å²) in [5.41, 5.74) is -6.04. The van der Waals surface area contributed by atoms with Crippen LogP contribution in [0.25, 0.3) is 0 Å². The summed E-state index contributed by atoms with van der Waals surface area (Å²) in [5.74, 6) is -1.77. The average molecular weight is 385 g/mol. The Kier molecular flexibility index (Phi) is 5.57. The first-order valence-electron chi connectivity index (χ1n) is 7.75. The van der Waals surface area contributed by atoms with E-state index in [4.69, 9.17) is 4.74 Å². The highest BCUT2D eigenvalue weighted by molar-refractivity contribution is 5.72. The first kappa shape index (κ1) is 20.5. The molecule has 0 amide bonds. The lowest BCUT2D eigenvalue weighted by Gasteiger charge is -2.39. The highest BCUT2D eigenvalue weighted by Gasteiger charge is 2.71. The number of aliphatic hydroxyl groups is 1. The Morgan fingerprint density at radius 2 is 1.54 bits per heavy atom. The summed E-state index contributed by atoms with van der Waals surface area (Å²) in [4.78, 5) is 12.0. The summed E-state index contributed by atoms with van der Waals surface area (Å²) >= 11 is 0. The van der Waals surface area contributed by atoms with Gasteiger partial charge in [0.05, 0.1) is 6.42 Å². The van der Waals surface area contributed by atoms with E-state index in [-0.39, 0.29) is 12.8 Å². The maximum absolute atomic E-state index is 12.8. The zero-order valence-electron chi connectivity index (χ0n) is 13.5. The van der Waals surface area contributed by atoms with Gasteiger partial charge < -0.3 is 15.2 Å². The monoisotopic (exact) mass is 385 g/mol. The van der Waals surface area contributed by atoms with Crippen molar-refractivity contribution in [1.29, 1.82) is 0 Å². The summed E-state index contributed by atoms with van der Waals surface area (Å²) in [6, 6.07) is 8.08. The molecule has 1 aromatic rings. The number of ether oxygens (including phenoxy) is 1. The molecule has 1 aliphatic heterocycles. The van der Waals surface area contributed by atoms with Crippen molar-refractivity contribution in [3.63, 3.8) is 0 Å². The van der Waals surface area contributed by atoms with Crippen LogP contribution in [0.1, 0.15) is 24.8 Å². The van der Waals surface area contributed by atoms with Gasteiger partial charge in [-0.05, 0) is 18.7 Å². The molecule has 0 radical (unpaired) electrons. The fourth-order valence-electron chi connectivity index (χ4n) is 2.85. The van der Waals surface area contributed by atoms with Gasteiger partial charge in [-0.15, -0.1) is 0 Å². The van der Waals surface area contributed by atoms with Crippen molar-refractivity contribution < 1.29 is 41.0 Å². The maximum atomic E-state index is 12.8. The van der Waals surface area contributed by atoms with Crippen LogP contribution in [-0.4, -0.2) is 42.1 Å². The molecule has 1 aliphatic rings. The first-order chi connectivity index (χ1) is 11.9. The Morgan fingerprint density at radius 3 is 2.00 bits per heavy atom. The third kappa shape index (κ3) is 3.96. The number of carbonyl (C=O) groups is 1. The van der Waals surface area contributed by atoms with Crippen LogP contribution in [0, 0.1) is 0 Å². The normalized spacial score (nSPS) is 18.4. The van der Waals surface area contributed by atoms with E-state index < -0.39 is 35.9 Å². The number of hydrogen-bond donors (Lipinski definition) is 2. The molecule has 2 N–H and O–H groups in total. The minimum atomic E-state index is -6.07. The molecule has 2 rings (SSSR count). The average Bonchev–Trinajstić information content (AvgIpc) is 2.54. The third-order valence-corrected chi connectivity index (χ3v) is 4.36. The van der Waals surface area contributed by atoms with E-state index in [1.165, 1.54) is 0 Å². The first-order valence-corrected chi connectivity index (χ1v) is 7.75. The number of halogens is 6. The molecule has 0 aromatic heterocycles. The number of alkyl halides is 6. The molecule has 0 unspecified atom stereocenters. The molecule has 1 fully saturated rings. The Balaban J connectivity index is 2.28. The fourth-order valence-corrected chi connectivity index (χ4v) is 2.85. The van der Waals surface area contributed by atoms with Crippen LogP contribution in [0.3, 0.4) is 0 Å². The SMILES string of the molecule is O=C(CC(O)(C(F)(F)F)C(F)(F)F)OC1(c2ccccc2)CCNCC1. The molecule has 10 heteroatoms. The minimum absolute atomic E-state index is 0.180. The zero-order chi connectivity index (χ0) is 19.6. The standard InChI is InChI=1S/C16H17F6NO3/c17-15(18,19)14(25,16(20,21)22)10-12(24)26-13(6-8-23-9-7-13)11-4-2-1-3-5-11/h1-5,23,25H,6-10H2. The molecule has 1 saturated heterocycles. The number of carbonyl (C=O) groups excluding carboxylic acids is 1.